The van der Waals surface area contributed by atoms with Crippen LogP contribution in [0.1, 0.15) is 53.4 Å². The number of rotatable bonds is 5. The number of nitrogens with one attached hydrogen (secondary N) is 1. The van der Waals surface area contributed by atoms with Gasteiger partial charge in [0.2, 0.25) is 5.91 Å². The first-order valence-corrected chi connectivity index (χ1v) is 8.84. The topological polar surface area (TPSA) is 32.3 Å². The van der Waals surface area contributed by atoms with E-state index in [1.54, 1.807) is 0 Å². The molecular formula is C15H28N2OS. The molecule has 2 aliphatic rings. The molecular weight excluding hydrogens is 256 g/mol. The van der Waals surface area contributed by atoms with Crippen LogP contribution >= 0.6 is 11.8 Å². The van der Waals surface area contributed by atoms with Gasteiger partial charge in [0.25, 0.3) is 0 Å². The molecule has 3 nitrogen and oxygen atoms in total. The zero-order valence-electron chi connectivity index (χ0n) is 12.7. The fourth-order valence-corrected chi connectivity index (χ4v) is 4.73. The van der Waals surface area contributed by atoms with Crippen molar-refractivity contribution in [2.75, 3.05) is 5.75 Å². The highest BCUT2D eigenvalue weighted by Crippen LogP contribution is 2.37. The van der Waals surface area contributed by atoms with Gasteiger partial charge in [-0.2, -0.15) is 11.8 Å². The van der Waals surface area contributed by atoms with Gasteiger partial charge in [-0.25, -0.2) is 0 Å². The number of amides is 1. The Balaban J connectivity index is 2.17. The Labute approximate surface area is 121 Å². The van der Waals surface area contributed by atoms with Gasteiger partial charge in [0.05, 0.1) is 12.2 Å². The normalized spacial score (nSPS) is 35.6. The van der Waals surface area contributed by atoms with E-state index in [1.807, 2.05) is 11.8 Å². The Bertz CT molecular complexity index is 321. The minimum absolute atomic E-state index is 0.0419. The van der Waals surface area contributed by atoms with Crippen LogP contribution in [0.3, 0.4) is 0 Å². The summed E-state index contributed by atoms with van der Waals surface area (Å²) in [6, 6.07) is 0.495. The van der Waals surface area contributed by atoms with Gasteiger partial charge >= 0.3 is 0 Å². The third-order valence-electron chi connectivity index (χ3n) is 4.42. The molecule has 0 aromatic rings. The Morgan fingerprint density at radius 3 is 2.68 bits per heavy atom. The minimum Gasteiger partial charge on any atom is -0.321 e. The molecule has 4 heteroatoms. The molecule has 4 atom stereocenters. The van der Waals surface area contributed by atoms with Crippen LogP contribution in [0, 0.1) is 5.92 Å². The van der Waals surface area contributed by atoms with E-state index in [2.05, 4.69) is 37.9 Å². The summed E-state index contributed by atoms with van der Waals surface area (Å²) in [7, 11) is 0. The summed E-state index contributed by atoms with van der Waals surface area (Å²) in [5, 5.41) is 4.19. The fourth-order valence-electron chi connectivity index (χ4n) is 3.48. The van der Waals surface area contributed by atoms with E-state index >= 15 is 0 Å². The molecule has 0 aromatic carbocycles. The van der Waals surface area contributed by atoms with Crippen LogP contribution in [0.4, 0.5) is 0 Å². The van der Waals surface area contributed by atoms with Crippen molar-refractivity contribution < 1.29 is 4.79 Å². The van der Waals surface area contributed by atoms with E-state index in [0.29, 0.717) is 23.1 Å². The molecule has 1 saturated carbocycles. The molecule has 110 valence electrons. The summed E-state index contributed by atoms with van der Waals surface area (Å²) in [5.41, 5.74) is 0. The molecule has 2 fully saturated rings. The lowest BCUT2D eigenvalue weighted by atomic mass is 10.1. The van der Waals surface area contributed by atoms with Gasteiger partial charge in [0, 0.05) is 11.3 Å². The standard InChI is InChI=1S/C15H28N2OS/c1-5-11-15(18)17(14(16-11)10(3)4)12-8-7-9-13(12)19-6-2/h10-14,16H,5-9H2,1-4H3. The molecule has 1 aliphatic carbocycles. The summed E-state index contributed by atoms with van der Waals surface area (Å²) >= 11 is 2.04. The molecule has 0 spiro atoms. The molecule has 0 bridgehead atoms. The first-order chi connectivity index (χ1) is 9.10. The number of nitrogens with zero attached hydrogens (tertiary/aromatic N) is 1. The Morgan fingerprint density at radius 1 is 1.37 bits per heavy atom. The van der Waals surface area contributed by atoms with Gasteiger partial charge in [-0.3, -0.25) is 10.1 Å². The lowest BCUT2D eigenvalue weighted by molar-refractivity contribution is -0.132. The van der Waals surface area contributed by atoms with Gasteiger partial charge < -0.3 is 4.90 Å². The van der Waals surface area contributed by atoms with Crippen molar-refractivity contribution in [3.63, 3.8) is 0 Å². The monoisotopic (exact) mass is 284 g/mol. The molecule has 2 rings (SSSR count). The SMILES string of the molecule is CCSC1CCCC1N1C(=O)C(CC)NC1C(C)C. The van der Waals surface area contributed by atoms with Crippen molar-refractivity contribution in [2.24, 2.45) is 5.92 Å². The second-order valence-electron chi connectivity index (χ2n) is 6.05. The smallest absolute Gasteiger partial charge is 0.241 e. The van der Waals surface area contributed by atoms with Gasteiger partial charge in [-0.05, 0) is 30.9 Å². The highest BCUT2D eigenvalue weighted by molar-refractivity contribution is 7.99. The summed E-state index contributed by atoms with van der Waals surface area (Å²) in [4.78, 5) is 14.8. The van der Waals surface area contributed by atoms with Crippen LogP contribution in [0.15, 0.2) is 0 Å². The minimum atomic E-state index is 0.0419. The Hall–Kier alpha value is -0.220. The zero-order valence-corrected chi connectivity index (χ0v) is 13.5. The van der Waals surface area contributed by atoms with Gasteiger partial charge in [-0.1, -0.05) is 34.1 Å². The predicted octanol–water partition coefficient (Wildman–Crippen LogP) is 2.85. The van der Waals surface area contributed by atoms with Crippen molar-refractivity contribution in [3.05, 3.63) is 0 Å². The maximum absolute atomic E-state index is 12.6. The van der Waals surface area contributed by atoms with Gasteiger partial charge in [0.15, 0.2) is 0 Å². The average molecular weight is 284 g/mol. The maximum Gasteiger partial charge on any atom is 0.241 e. The van der Waals surface area contributed by atoms with E-state index < -0.39 is 0 Å². The molecule has 0 aromatic heterocycles. The molecule has 0 radical (unpaired) electrons. The van der Waals surface area contributed by atoms with Gasteiger partial charge in [0.1, 0.15) is 0 Å². The first kappa shape index (κ1) is 15.2. The third kappa shape index (κ3) is 2.94. The van der Waals surface area contributed by atoms with Crippen molar-refractivity contribution >= 4 is 17.7 Å². The molecule has 4 unspecified atom stereocenters. The molecule has 1 saturated heterocycles. The second kappa shape index (κ2) is 6.49. The van der Waals surface area contributed by atoms with E-state index in [-0.39, 0.29) is 12.2 Å². The summed E-state index contributed by atoms with van der Waals surface area (Å²) in [5.74, 6) is 1.98. The molecule has 1 aliphatic heterocycles. The Morgan fingerprint density at radius 2 is 2.11 bits per heavy atom. The molecule has 1 amide bonds. The van der Waals surface area contributed by atoms with Crippen molar-refractivity contribution in [3.8, 4) is 0 Å². The van der Waals surface area contributed by atoms with Crippen molar-refractivity contribution in [1.29, 1.82) is 0 Å². The van der Waals surface area contributed by atoms with Crippen molar-refractivity contribution in [2.45, 2.75) is 76.9 Å². The average Bonchev–Trinajstić information content (AvgIpc) is 2.93. The van der Waals surface area contributed by atoms with Crippen LogP contribution in [-0.2, 0) is 4.79 Å². The van der Waals surface area contributed by atoms with Crippen LogP contribution in [-0.4, -0.2) is 40.1 Å². The van der Waals surface area contributed by atoms with Gasteiger partial charge in [-0.15, -0.1) is 0 Å². The highest BCUT2D eigenvalue weighted by Gasteiger charge is 2.46. The number of thioether (sulfide) groups is 1. The summed E-state index contributed by atoms with van der Waals surface area (Å²) < 4.78 is 0. The lowest BCUT2D eigenvalue weighted by Crippen LogP contribution is -2.49. The highest BCUT2D eigenvalue weighted by atomic mass is 32.2. The quantitative estimate of drug-likeness (QED) is 0.842. The van der Waals surface area contributed by atoms with E-state index in [4.69, 9.17) is 0 Å². The summed E-state index contributed by atoms with van der Waals surface area (Å²) in [6.07, 6.45) is 4.87. The lowest BCUT2D eigenvalue weighted by Gasteiger charge is -2.35. The third-order valence-corrected chi connectivity index (χ3v) is 5.73. The van der Waals surface area contributed by atoms with Crippen LogP contribution in [0.2, 0.25) is 0 Å². The van der Waals surface area contributed by atoms with E-state index in [9.17, 15) is 4.79 Å². The predicted molar refractivity (Wildman–Crippen MR) is 82.2 cm³/mol. The molecule has 19 heavy (non-hydrogen) atoms. The van der Waals surface area contributed by atoms with E-state index in [0.717, 1.165) is 12.2 Å². The number of hydrogen-bond acceptors (Lipinski definition) is 3. The Kier molecular flexibility index (Phi) is 5.18. The van der Waals surface area contributed by atoms with Crippen LogP contribution in [0.25, 0.3) is 0 Å². The fraction of sp³-hybridized carbons (Fsp3) is 0.933. The number of hydrogen-bond donors (Lipinski definition) is 1. The second-order valence-corrected chi connectivity index (χ2v) is 7.57. The number of carbonyl (C=O) groups is 1. The molecule has 1 N–H and O–H groups in total. The largest absolute Gasteiger partial charge is 0.321 e. The maximum atomic E-state index is 12.6. The first-order valence-electron chi connectivity index (χ1n) is 7.79. The van der Waals surface area contributed by atoms with Crippen LogP contribution in [0.5, 0.6) is 0 Å². The number of carbonyl (C=O) groups excluding carboxylic acids is 1. The van der Waals surface area contributed by atoms with Crippen molar-refractivity contribution in [1.82, 2.24) is 10.2 Å². The van der Waals surface area contributed by atoms with E-state index in [1.165, 1.54) is 19.3 Å². The van der Waals surface area contributed by atoms with Crippen LogP contribution < -0.4 is 5.32 Å². The summed E-state index contributed by atoms with van der Waals surface area (Å²) in [6.45, 7) is 8.75. The molecule has 1 heterocycles. The zero-order chi connectivity index (χ0) is 14.0.